The number of aliphatic hydroxyl groups is 1. The van der Waals surface area contributed by atoms with Gasteiger partial charge in [-0.2, -0.15) is 0 Å². The highest BCUT2D eigenvalue weighted by atomic mass is 35.5. The molecule has 0 aromatic carbocycles. The molecule has 0 radical (unpaired) electrons. The van der Waals surface area contributed by atoms with Crippen molar-refractivity contribution in [1.82, 2.24) is 10.3 Å². The summed E-state index contributed by atoms with van der Waals surface area (Å²) in [6, 6.07) is 3.11. The van der Waals surface area contributed by atoms with Crippen LogP contribution in [0.15, 0.2) is 12.1 Å². The Bertz CT molecular complexity index is 460. The fraction of sp³-hybridized carbons (Fsp3) is 0.538. The Morgan fingerprint density at radius 3 is 2.63 bits per heavy atom. The van der Waals surface area contributed by atoms with Gasteiger partial charge in [-0.3, -0.25) is 4.79 Å². The molecule has 1 aromatic rings. The molecule has 0 atom stereocenters. The number of aromatic nitrogens is 1. The number of halogens is 2. The number of carbonyl (C=O) groups excluding carboxylic acids is 1. The molecule has 1 aromatic heterocycles. The number of carbonyl (C=O) groups is 1. The molecule has 2 rings (SSSR count). The molecular formula is C13H16Cl2N2O2. The van der Waals surface area contributed by atoms with E-state index in [1.807, 2.05) is 0 Å². The van der Waals surface area contributed by atoms with E-state index in [0.29, 0.717) is 18.0 Å². The lowest BCUT2D eigenvalue weighted by Gasteiger charge is -2.25. The highest BCUT2D eigenvalue weighted by Crippen LogP contribution is 2.23. The Morgan fingerprint density at radius 1 is 1.32 bits per heavy atom. The Labute approximate surface area is 122 Å². The van der Waals surface area contributed by atoms with Crippen molar-refractivity contribution in [2.75, 3.05) is 6.54 Å². The number of hydrogen-bond acceptors (Lipinski definition) is 3. The van der Waals surface area contributed by atoms with E-state index in [9.17, 15) is 9.90 Å². The van der Waals surface area contributed by atoms with Gasteiger partial charge in [0.05, 0.1) is 11.7 Å². The number of nitrogens with zero attached hydrogens (tertiary/aromatic N) is 1. The first-order valence-corrected chi connectivity index (χ1v) is 7.10. The standard InChI is InChI=1S/C13H16Cl2N2O2/c14-11-6-5-10(12(15)17-11)13(19)16-7-8-1-3-9(18)4-2-8/h5-6,8-9,18H,1-4,7H2,(H,16,19). The van der Waals surface area contributed by atoms with Crippen molar-refractivity contribution < 1.29 is 9.90 Å². The summed E-state index contributed by atoms with van der Waals surface area (Å²) in [6.07, 6.45) is 3.32. The quantitative estimate of drug-likeness (QED) is 0.844. The zero-order valence-electron chi connectivity index (χ0n) is 10.4. The first kappa shape index (κ1) is 14.6. The summed E-state index contributed by atoms with van der Waals surface area (Å²) in [5.74, 6) is 0.187. The number of hydrogen-bond donors (Lipinski definition) is 2. The second-order valence-corrected chi connectivity index (χ2v) is 5.60. The molecule has 1 fully saturated rings. The predicted molar refractivity (Wildman–Crippen MR) is 74.6 cm³/mol. The molecule has 19 heavy (non-hydrogen) atoms. The van der Waals surface area contributed by atoms with Gasteiger partial charge in [0.25, 0.3) is 5.91 Å². The SMILES string of the molecule is O=C(NCC1CCC(O)CC1)c1ccc(Cl)nc1Cl. The van der Waals surface area contributed by atoms with Gasteiger partial charge in [0.2, 0.25) is 0 Å². The predicted octanol–water partition coefficient (Wildman–Crippen LogP) is 2.67. The molecule has 1 aliphatic rings. The van der Waals surface area contributed by atoms with Crippen LogP contribution in [-0.2, 0) is 0 Å². The van der Waals surface area contributed by atoms with Crippen molar-refractivity contribution in [3.63, 3.8) is 0 Å². The van der Waals surface area contributed by atoms with Crippen molar-refractivity contribution in [3.05, 3.63) is 28.0 Å². The Kier molecular flexibility index (Phi) is 5.02. The molecule has 0 bridgehead atoms. The highest BCUT2D eigenvalue weighted by Gasteiger charge is 2.20. The molecule has 0 spiro atoms. The third-order valence-electron chi connectivity index (χ3n) is 3.43. The molecule has 1 aliphatic carbocycles. The van der Waals surface area contributed by atoms with Crippen LogP contribution < -0.4 is 5.32 Å². The Balaban J connectivity index is 1.87. The molecule has 0 unspecified atom stereocenters. The van der Waals surface area contributed by atoms with E-state index in [2.05, 4.69) is 10.3 Å². The maximum absolute atomic E-state index is 12.0. The van der Waals surface area contributed by atoms with Crippen LogP contribution in [0.5, 0.6) is 0 Å². The van der Waals surface area contributed by atoms with Gasteiger partial charge in [-0.05, 0) is 43.7 Å². The molecule has 1 heterocycles. The van der Waals surface area contributed by atoms with Gasteiger partial charge < -0.3 is 10.4 Å². The van der Waals surface area contributed by atoms with Crippen LogP contribution >= 0.6 is 23.2 Å². The van der Waals surface area contributed by atoms with Crippen LogP contribution in [0.3, 0.4) is 0 Å². The Hall–Kier alpha value is -0.840. The monoisotopic (exact) mass is 302 g/mol. The summed E-state index contributed by atoms with van der Waals surface area (Å²) in [7, 11) is 0. The number of aliphatic hydroxyl groups excluding tert-OH is 1. The molecule has 1 amide bonds. The first-order chi connectivity index (χ1) is 9.06. The van der Waals surface area contributed by atoms with E-state index < -0.39 is 0 Å². The zero-order valence-corrected chi connectivity index (χ0v) is 11.9. The molecular weight excluding hydrogens is 287 g/mol. The molecule has 0 aliphatic heterocycles. The van der Waals surface area contributed by atoms with Crippen molar-refractivity contribution in [2.24, 2.45) is 5.92 Å². The number of rotatable bonds is 3. The normalized spacial score (nSPS) is 23.1. The Morgan fingerprint density at radius 2 is 2.00 bits per heavy atom. The fourth-order valence-corrected chi connectivity index (χ4v) is 2.69. The summed E-state index contributed by atoms with van der Waals surface area (Å²) in [5, 5.41) is 12.7. The van der Waals surface area contributed by atoms with Gasteiger partial charge in [0, 0.05) is 6.54 Å². The lowest BCUT2D eigenvalue weighted by Crippen LogP contribution is -2.32. The van der Waals surface area contributed by atoms with Gasteiger partial charge in [0.1, 0.15) is 10.3 Å². The van der Waals surface area contributed by atoms with Crippen LogP contribution in [0.2, 0.25) is 10.3 Å². The topological polar surface area (TPSA) is 62.2 Å². The first-order valence-electron chi connectivity index (χ1n) is 6.34. The summed E-state index contributed by atoms with van der Waals surface area (Å²) >= 11 is 11.6. The van der Waals surface area contributed by atoms with Crippen molar-refractivity contribution in [1.29, 1.82) is 0 Å². The average molecular weight is 303 g/mol. The molecule has 6 heteroatoms. The zero-order chi connectivity index (χ0) is 13.8. The summed E-state index contributed by atoms with van der Waals surface area (Å²) in [6.45, 7) is 0.602. The average Bonchev–Trinajstić information content (AvgIpc) is 2.37. The minimum Gasteiger partial charge on any atom is -0.393 e. The molecule has 2 N–H and O–H groups in total. The van der Waals surface area contributed by atoms with E-state index in [0.717, 1.165) is 25.7 Å². The summed E-state index contributed by atoms with van der Waals surface area (Å²) < 4.78 is 0. The number of amides is 1. The van der Waals surface area contributed by atoms with Crippen LogP contribution in [0.1, 0.15) is 36.0 Å². The van der Waals surface area contributed by atoms with Gasteiger partial charge in [-0.15, -0.1) is 0 Å². The van der Waals surface area contributed by atoms with E-state index in [-0.39, 0.29) is 22.3 Å². The second-order valence-electron chi connectivity index (χ2n) is 4.86. The maximum atomic E-state index is 12.0. The molecule has 0 saturated heterocycles. The number of pyridine rings is 1. The van der Waals surface area contributed by atoms with Crippen LogP contribution in [0.4, 0.5) is 0 Å². The lowest BCUT2D eigenvalue weighted by molar-refractivity contribution is 0.0910. The minimum absolute atomic E-state index is 0.115. The largest absolute Gasteiger partial charge is 0.393 e. The van der Waals surface area contributed by atoms with E-state index in [1.54, 1.807) is 12.1 Å². The minimum atomic E-state index is -0.236. The molecule has 104 valence electrons. The second kappa shape index (κ2) is 6.55. The van der Waals surface area contributed by atoms with Crippen molar-refractivity contribution in [3.8, 4) is 0 Å². The molecule has 4 nitrogen and oxygen atoms in total. The van der Waals surface area contributed by atoms with Gasteiger partial charge in [-0.25, -0.2) is 4.98 Å². The third kappa shape index (κ3) is 4.06. The number of nitrogens with one attached hydrogen (secondary N) is 1. The molecule has 1 saturated carbocycles. The maximum Gasteiger partial charge on any atom is 0.254 e. The van der Waals surface area contributed by atoms with Crippen molar-refractivity contribution in [2.45, 2.75) is 31.8 Å². The summed E-state index contributed by atoms with van der Waals surface area (Å²) in [5.41, 5.74) is 0.335. The third-order valence-corrected chi connectivity index (χ3v) is 3.93. The van der Waals surface area contributed by atoms with Gasteiger partial charge >= 0.3 is 0 Å². The van der Waals surface area contributed by atoms with Gasteiger partial charge in [0.15, 0.2) is 0 Å². The van der Waals surface area contributed by atoms with Crippen LogP contribution in [-0.4, -0.2) is 28.6 Å². The van der Waals surface area contributed by atoms with Gasteiger partial charge in [-0.1, -0.05) is 23.2 Å². The van der Waals surface area contributed by atoms with E-state index >= 15 is 0 Å². The fourth-order valence-electron chi connectivity index (χ4n) is 2.26. The lowest BCUT2D eigenvalue weighted by atomic mass is 9.87. The van der Waals surface area contributed by atoms with Crippen LogP contribution in [0.25, 0.3) is 0 Å². The van der Waals surface area contributed by atoms with E-state index in [1.165, 1.54) is 0 Å². The van der Waals surface area contributed by atoms with E-state index in [4.69, 9.17) is 23.2 Å². The highest BCUT2D eigenvalue weighted by molar-refractivity contribution is 6.34. The van der Waals surface area contributed by atoms with Crippen LogP contribution in [0, 0.1) is 5.92 Å². The summed E-state index contributed by atoms with van der Waals surface area (Å²) in [4.78, 5) is 15.8. The van der Waals surface area contributed by atoms with Crippen molar-refractivity contribution >= 4 is 29.1 Å². The smallest absolute Gasteiger partial charge is 0.254 e.